The standard InChI is InChI=1S/C29H34ClN3O5S/c1-21(28(35)31-29(2,3)4)32(19-22-11-13-23(30)14-12-22)27(34)20-33(24-9-7-6-8-10-24)39(36,37)26-17-15-25(38-5)16-18-26/h6-18,21H,19-20H2,1-5H3,(H,31,35)/t21-/m1/s1. The molecule has 0 aliphatic carbocycles. The third-order valence-corrected chi connectivity index (χ3v) is 7.94. The zero-order valence-corrected chi connectivity index (χ0v) is 24.3. The average Bonchev–Trinajstić information content (AvgIpc) is 2.90. The number of nitrogens with one attached hydrogen (secondary N) is 1. The second kappa shape index (κ2) is 12.5. The molecule has 0 spiro atoms. The lowest BCUT2D eigenvalue weighted by molar-refractivity contribution is -0.140. The number of hydrogen-bond donors (Lipinski definition) is 1. The van der Waals surface area contributed by atoms with E-state index in [1.807, 2.05) is 20.8 Å². The van der Waals surface area contributed by atoms with Gasteiger partial charge in [0.1, 0.15) is 18.3 Å². The van der Waals surface area contributed by atoms with Crippen LogP contribution in [-0.2, 0) is 26.2 Å². The van der Waals surface area contributed by atoms with Gasteiger partial charge in [-0.25, -0.2) is 8.42 Å². The summed E-state index contributed by atoms with van der Waals surface area (Å²) >= 11 is 6.03. The molecule has 0 fully saturated rings. The Morgan fingerprint density at radius 1 is 0.949 bits per heavy atom. The van der Waals surface area contributed by atoms with Crippen LogP contribution in [0.4, 0.5) is 5.69 Å². The lowest BCUT2D eigenvalue weighted by atomic mass is 10.1. The van der Waals surface area contributed by atoms with Gasteiger partial charge in [-0.1, -0.05) is 41.9 Å². The van der Waals surface area contributed by atoms with E-state index >= 15 is 0 Å². The van der Waals surface area contributed by atoms with Crippen molar-refractivity contribution in [1.29, 1.82) is 0 Å². The van der Waals surface area contributed by atoms with E-state index in [-0.39, 0.29) is 17.3 Å². The van der Waals surface area contributed by atoms with Gasteiger partial charge in [-0.05, 0) is 81.8 Å². The van der Waals surface area contributed by atoms with Crippen LogP contribution in [-0.4, -0.2) is 50.4 Å². The van der Waals surface area contributed by atoms with Crippen molar-refractivity contribution in [3.8, 4) is 5.75 Å². The van der Waals surface area contributed by atoms with Crippen LogP contribution >= 0.6 is 11.6 Å². The number of ether oxygens (including phenoxy) is 1. The number of amides is 2. The van der Waals surface area contributed by atoms with Gasteiger partial charge >= 0.3 is 0 Å². The monoisotopic (exact) mass is 571 g/mol. The normalized spacial score (nSPS) is 12.4. The molecule has 1 N–H and O–H groups in total. The second-order valence-electron chi connectivity index (χ2n) is 10.1. The van der Waals surface area contributed by atoms with Gasteiger partial charge in [-0.15, -0.1) is 0 Å². The summed E-state index contributed by atoms with van der Waals surface area (Å²) in [5, 5.41) is 3.44. The quantitative estimate of drug-likeness (QED) is 0.374. The van der Waals surface area contributed by atoms with Crippen LogP contribution in [0.1, 0.15) is 33.3 Å². The van der Waals surface area contributed by atoms with Gasteiger partial charge in [0.15, 0.2) is 0 Å². The minimum absolute atomic E-state index is 0.00253. The second-order valence-corrected chi connectivity index (χ2v) is 12.4. The fraction of sp³-hybridized carbons (Fsp3) is 0.310. The molecular formula is C29H34ClN3O5S. The van der Waals surface area contributed by atoms with Crippen molar-refractivity contribution < 1.29 is 22.7 Å². The Bertz CT molecular complexity index is 1370. The zero-order valence-electron chi connectivity index (χ0n) is 22.7. The maximum absolute atomic E-state index is 13.9. The summed E-state index contributed by atoms with van der Waals surface area (Å²) in [5.74, 6) is -0.388. The van der Waals surface area contributed by atoms with E-state index in [1.54, 1.807) is 73.7 Å². The number of benzene rings is 3. The van der Waals surface area contributed by atoms with Crippen molar-refractivity contribution in [2.24, 2.45) is 0 Å². The van der Waals surface area contributed by atoms with E-state index < -0.39 is 34.1 Å². The highest BCUT2D eigenvalue weighted by molar-refractivity contribution is 7.92. The molecule has 3 aromatic carbocycles. The Balaban J connectivity index is 2.00. The first-order valence-electron chi connectivity index (χ1n) is 12.4. The molecular weight excluding hydrogens is 538 g/mol. The number of carbonyl (C=O) groups excluding carboxylic acids is 2. The molecule has 0 aliphatic heterocycles. The number of sulfonamides is 1. The SMILES string of the molecule is COc1ccc(S(=O)(=O)N(CC(=O)N(Cc2ccc(Cl)cc2)[C@H](C)C(=O)NC(C)(C)C)c2ccccc2)cc1. The molecule has 208 valence electrons. The fourth-order valence-electron chi connectivity index (χ4n) is 3.84. The van der Waals surface area contributed by atoms with E-state index in [1.165, 1.54) is 24.1 Å². The molecule has 0 saturated carbocycles. The smallest absolute Gasteiger partial charge is 0.264 e. The Morgan fingerprint density at radius 2 is 1.54 bits per heavy atom. The number of nitrogens with zero attached hydrogens (tertiary/aromatic N) is 2. The summed E-state index contributed by atoms with van der Waals surface area (Å²) in [6, 6.07) is 20.4. The van der Waals surface area contributed by atoms with Gasteiger partial charge in [-0.3, -0.25) is 13.9 Å². The van der Waals surface area contributed by atoms with E-state index in [0.29, 0.717) is 16.5 Å². The maximum Gasteiger partial charge on any atom is 0.264 e. The third kappa shape index (κ3) is 7.97. The molecule has 0 saturated heterocycles. The number of carbonyl (C=O) groups is 2. The van der Waals surface area contributed by atoms with E-state index in [0.717, 1.165) is 9.87 Å². The van der Waals surface area contributed by atoms with Crippen LogP contribution in [0.3, 0.4) is 0 Å². The Hall–Kier alpha value is -3.56. The van der Waals surface area contributed by atoms with Crippen LogP contribution in [0.5, 0.6) is 5.75 Å². The van der Waals surface area contributed by atoms with Gasteiger partial charge in [0, 0.05) is 17.1 Å². The summed E-state index contributed by atoms with van der Waals surface area (Å²) < 4.78 is 33.8. The van der Waals surface area contributed by atoms with Crippen molar-refractivity contribution in [3.05, 3.63) is 89.4 Å². The highest BCUT2D eigenvalue weighted by Gasteiger charge is 2.33. The summed E-state index contributed by atoms with van der Waals surface area (Å²) in [5.41, 5.74) is 0.543. The van der Waals surface area contributed by atoms with Crippen LogP contribution in [0, 0.1) is 0 Å². The molecule has 0 heterocycles. The van der Waals surface area contributed by atoms with Crippen LogP contribution in [0.25, 0.3) is 0 Å². The first-order chi connectivity index (χ1) is 18.3. The van der Waals surface area contributed by atoms with Crippen molar-refractivity contribution in [1.82, 2.24) is 10.2 Å². The van der Waals surface area contributed by atoms with E-state index in [2.05, 4.69) is 5.32 Å². The van der Waals surface area contributed by atoms with E-state index in [9.17, 15) is 18.0 Å². The highest BCUT2D eigenvalue weighted by atomic mass is 35.5. The topological polar surface area (TPSA) is 96.0 Å². The molecule has 0 aliphatic rings. The first kappa shape index (κ1) is 30.0. The molecule has 39 heavy (non-hydrogen) atoms. The minimum atomic E-state index is -4.15. The summed E-state index contributed by atoms with van der Waals surface area (Å²) in [7, 11) is -2.66. The maximum atomic E-state index is 13.9. The lowest BCUT2D eigenvalue weighted by Crippen LogP contribution is -2.54. The van der Waals surface area contributed by atoms with Gasteiger partial charge in [0.2, 0.25) is 11.8 Å². The lowest BCUT2D eigenvalue weighted by Gasteiger charge is -2.33. The van der Waals surface area contributed by atoms with Gasteiger partial charge in [-0.2, -0.15) is 0 Å². The molecule has 1 atom stereocenters. The molecule has 3 aromatic rings. The van der Waals surface area contributed by atoms with Crippen molar-refractivity contribution >= 4 is 39.1 Å². The largest absolute Gasteiger partial charge is 0.497 e. The Labute approximate surface area is 235 Å². The minimum Gasteiger partial charge on any atom is -0.497 e. The van der Waals surface area contributed by atoms with Crippen LogP contribution < -0.4 is 14.4 Å². The number of para-hydroxylation sites is 1. The molecule has 0 aromatic heterocycles. The Morgan fingerprint density at radius 3 is 2.08 bits per heavy atom. The van der Waals surface area contributed by atoms with Crippen molar-refractivity contribution in [2.45, 2.75) is 50.7 Å². The van der Waals surface area contributed by atoms with Crippen LogP contribution in [0.2, 0.25) is 5.02 Å². The van der Waals surface area contributed by atoms with Gasteiger partial charge < -0.3 is 15.0 Å². The zero-order chi connectivity index (χ0) is 28.8. The third-order valence-electron chi connectivity index (χ3n) is 5.90. The van der Waals surface area contributed by atoms with E-state index in [4.69, 9.17) is 16.3 Å². The molecule has 0 bridgehead atoms. The summed E-state index contributed by atoms with van der Waals surface area (Å²) in [6.07, 6.45) is 0. The number of hydrogen-bond acceptors (Lipinski definition) is 5. The number of anilines is 1. The van der Waals surface area contributed by atoms with Crippen molar-refractivity contribution in [3.63, 3.8) is 0 Å². The average molecular weight is 572 g/mol. The predicted molar refractivity (Wildman–Crippen MR) is 153 cm³/mol. The fourth-order valence-corrected chi connectivity index (χ4v) is 5.38. The Kier molecular flexibility index (Phi) is 9.63. The first-order valence-corrected chi connectivity index (χ1v) is 14.2. The molecule has 0 unspecified atom stereocenters. The number of rotatable bonds is 10. The van der Waals surface area contributed by atoms with Gasteiger partial charge in [0.25, 0.3) is 10.0 Å². The molecule has 10 heteroatoms. The summed E-state index contributed by atoms with van der Waals surface area (Å²) in [4.78, 5) is 28.4. The highest BCUT2D eigenvalue weighted by Crippen LogP contribution is 2.26. The molecule has 0 radical (unpaired) electrons. The predicted octanol–water partition coefficient (Wildman–Crippen LogP) is 4.88. The number of halogens is 1. The van der Waals surface area contributed by atoms with Crippen molar-refractivity contribution in [2.75, 3.05) is 18.0 Å². The molecule has 8 nitrogen and oxygen atoms in total. The van der Waals surface area contributed by atoms with Gasteiger partial charge in [0.05, 0.1) is 17.7 Å². The number of methoxy groups -OCH3 is 1. The molecule has 2 amide bonds. The summed E-state index contributed by atoms with van der Waals surface area (Å²) in [6.45, 7) is 6.74. The van der Waals surface area contributed by atoms with Crippen LogP contribution in [0.15, 0.2) is 83.8 Å². The molecule has 3 rings (SSSR count).